The molecule has 0 spiro atoms. The summed E-state index contributed by atoms with van der Waals surface area (Å²) in [5.74, 6) is 0.282. The number of nitrogens with one attached hydrogen (secondary N) is 1. The molecule has 3 aliphatic rings. The Morgan fingerprint density at radius 1 is 1.31 bits per heavy atom. The molecule has 1 unspecified atom stereocenters. The highest BCUT2D eigenvalue weighted by Crippen LogP contribution is 2.23. The van der Waals surface area contributed by atoms with Crippen molar-refractivity contribution in [1.82, 2.24) is 15.1 Å². The number of rotatable bonds is 7. The highest BCUT2D eigenvalue weighted by molar-refractivity contribution is 5.91. The number of carbonyl (C=O) groups excluding carboxylic acids is 1. The monoisotopic (exact) mass is 442 g/mol. The van der Waals surface area contributed by atoms with Crippen molar-refractivity contribution in [2.45, 2.75) is 58.4 Å². The van der Waals surface area contributed by atoms with Crippen LogP contribution in [-0.2, 0) is 9.53 Å². The first-order valence-electron chi connectivity index (χ1n) is 11.8. The molecule has 3 rings (SSSR count). The summed E-state index contributed by atoms with van der Waals surface area (Å²) in [6.45, 7) is 10.4. The van der Waals surface area contributed by atoms with Gasteiger partial charge in [-0.05, 0) is 64.1 Å². The molecule has 176 valence electrons. The predicted molar refractivity (Wildman–Crippen MR) is 129 cm³/mol. The number of aliphatic imine (C=N–C) groups is 2. The number of likely N-dealkylation sites (tertiary alicyclic amines) is 1. The second-order valence-corrected chi connectivity index (χ2v) is 9.22. The first-order chi connectivity index (χ1) is 15.4. The maximum absolute atomic E-state index is 12.9. The van der Waals surface area contributed by atoms with Crippen molar-refractivity contribution >= 4 is 18.3 Å². The van der Waals surface area contributed by atoms with Crippen LogP contribution in [0.15, 0.2) is 45.8 Å². The zero-order valence-electron chi connectivity index (χ0n) is 19.7. The number of carbonyl (C=O) groups is 1. The Balaban J connectivity index is 1.77. The Morgan fingerprint density at radius 2 is 2.09 bits per heavy atom. The van der Waals surface area contributed by atoms with Gasteiger partial charge in [0, 0.05) is 19.3 Å². The molecule has 0 aromatic heterocycles. The molecule has 3 N–H and O–H groups in total. The van der Waals surface area contributed by atoms with Crippen molar-refractivity contribution in [3.63, 3.8) is 0 Å². The van der Waals surface area contributed by atoms with E-state index in [1.165, 1.54) is 37.7 Å². The molecule has 2 heterocycles. The number of nitrogens with zero attached hydrogens (tertiary/aromatic N) is 4. The number of hydrogen-bond acceptors (Lipinski definition) is 7. The summed E-state index contributed by atoms with van der Waals surface area (Å²) >= 11 is 0. The Hall–Kier alpha value is -2.61. The first kappa shape index (κ1) is 24.0. The third-order valence-electron chi connectivity index (χ3n) is 6.14. The van der Waals surface area contributed by atoms with Crippen LogP contribution in [-0.4, -0.2) is 66.4 Å². The SMILES string of the molecule is CCCCOC1=N/C(N)=C/NC(=O)C(C)(C)N(CC2C=C(CN3CCCC3)C=CC2)\C=N\1. The van der Waals surface area contributed by atoms with Crippen molar-refractivity contribution in [1.29, 1.82) is 0 Å². The molecule has 1 atom stereocenters. The van der Waals surface area contributed by atoms with E-state index in [0.717, 1.165) is 25.8 Å². The highest BCUT2D eigenvalue weighted by atomic mass is 16.5. The van der Waals surface area contributed by atoms with E-state index in [1.54, 1.807) is 6.34 Å². The minimum atomic E-state index is -0.823. The van der Waals surface area contributed by atoms with Crippen LogP contribution in [0.5, 0.6) is 0 Å². The molecule has 1 aliphatic carbocycles. The van der Waals surface area contributed by atoms with Crippen molar-refractivity contribution < 1.29 is 9.53 Å². The van der Waals surface area contributed by atoms with E-state index in [-0.39, 0.29) is 17.7 Å². The lowest BCUT2D eigenvalue weighted by Gasteiger charge is -2.38. The number of allylic oxidation sites excluding steroid dienone is 1. The van der Waals surface area contributed by atoms with E-state index < -0.39 is 5.54 Å². The number of unbranched alkanes of at least 4 members (excludes halogenated alkanes) is 1. The summed E-state index contributed by atoms with van der Waals surface area (Å²) in [7, 11) is 0. The first-order valence-corrected chi connectivity index (χ1v) is 11.8. The zero-order valence-corrected chi connectivity index (χ0v) is 19.7. The Bertz CT molecular complexity index is 805. The van der Waals surface area contributed by atoms with E-state index in [1.807, 2.05) is 18.7 Å². The second kappa shape index (κ2) is 11.3. The van der Waals surface area contributed by atoms with Crippen LogP contribution in [0.3, 0.4) is 0 Å². The molecule has 0 bridgehead atoms. The van der Waals surface area contributed by atoms with Crippen LogP contribution in [0.25, 0.3) is 0 Å². The van der Waals surface area contributed by atoms with Crippen molar-refractivity contribution in [3.8, 4) is 0 Å². The number of amides is 1. The molecule has 0 aromatic rings. The summed E-state index contributed by atoms with van der Waals surface area (Å²) in [6, 6.07) is 0.206. The van der Waals surface area contributed by atoms with Crippen LogP contribution in [0.4, 0.5) is 0 Å². The van der Waals surface area contributed by atoms with E-state index in [2.05, 4.69) is 45.4 Å². The van der Waals surface area contributed by atoms with Gasteiger partial charge in [0.15, 0.2) is 0 Å². The van der Waals surface area contributed by atoms with E-state index in [0.29, 0.717) is 19.1 Å². The second-order valence-electron chi connectivity index (χ2n) is 9.22. The van der Waals surface area contributed by atoms with Crippen molar-refractivity contribution in [2.24, 2.45) is 21.6 Å². The fourth-order valence-corrected chi connectivity index (χ4v) is 4.04. The summed E-state index contributed by atoms with van der Waals surface area (Å²) < 4.78 is 5.71. The third kappa shape index (κ3) is 6.69. The standard InChI is InChI=1S/C24H38N6O2/c1-4-5-13-32-23-27-18-30(24(2,3)22(31)26-15-21(25)28-23)17-20-10-8-9-19(14-20)16-29-11-6-7-12-29/h8-9,14-15,18,20H,4-7,10-13,16-17,25H2,1-3H3,(H,26,31)/b21-15+,27-18+,28-23+. The molecule has 32 heavy (non-hydrogen) atoms. The van der Waals surface area contributed by atoms with Gasteiger partial charge in [-0.3, -0.25) is 9.69 Å². The minimum Gasteiger partial charge on any atom is -0.463 e. The van der Waals surface area contributed by atoms with Gasteiger partial charge in [0.2, 0.25) is 5.91 Å². The molecule has 0 radical (unpaired) electrons. The summed E-state index contributed by atoms with van der Waals surface area (Å²) in [4.78, 5) is 26.1. The van der Waals surface area contributed by atoms with Gasteiger partial charge in [0.1, 0.15) is 11.4 Å². The van der Waals surface area contributed by atoms with Gasteiger partial charge >= 0.3 is 6.02 Å². The Labute approximate surface area is 192 Å². The van der Waals surface area contributed by atoms with Crippen LogP contribution < -0.4 is 11.1 Å². The summed E-state index contributed by atoms with van der Waals surface area (Å²) in [6.07, 6.45) is 15.3. The number of nitrogens with two attached hydrogens (primary N) is 1. The minimum absolute atomic E-state index is 0.151. The largest absolute Gasteiger partial charge is 0.463 e. The highest BCUT2D eigenvalue weighted by Gasteiger charge is 2.34. The molecule has 1 fully saturated rings. The lowest BCUT2D eigenvalue weighted by molar-refractivity contribution is -0.128. The zero-order chi connectivity index (χ0) is 23.0. The molecular formula is C24H38N6O2. The molecule has 0 aromatic carbocycles. The molecule has 2 aliphatic heterocycles. The van der Waals surface area contributed by atoms with E-state index >= 15 is 0 Å². The van der Waals surface area contributed by atoms with Crippen LogP contribution >= 0.6 is 0 Å². The quantitative estimate of drug-likeness (QED) is 0.591. The Kier molecular flexibility index (Phi) is 8.50. The fraction of sp³-hybridized carbons (Fsp3) is 0.625. The Morgan fingerprint density at radius 3 is 2.84 bits per heavy atom. The normalized spacial score (nSPS) is 28.2. The maximum Gasteiger partial charge on any atom is 0.319 e. The van der Waals surface area contributed by atoms with Gasteiger partial charge in [0.25, 0.3) is 0 Å². The van der Waals surface area contributed by atoms with Gasteiger partial charge in [-0.25, -0.2) is 0 Å². The molecular weight excluding hydrogens is 404 g/mol. The number of amidine groups is 1. The van der Waals surface area contributed by atoms with Gasteiger partial charge in [-0.1, -0.05) is 31.6 Å². The van der Waals surface area contributed by atoms with E-state index in [9.17, 15) is 4.79 Å². The van der Waals surface area contributed by atoms with Crippen LogP contribution in [0.2, 0.25) is 0 Å². The lowest BCUT2D eigenvalue weighted by atomic mass is 9.93. The summed E-state index contributed by atoms with van der Waals surface area (Å²) in [5, 5.41) is 2.78. The fourth-order valence-electron chi connectivity index (χ4n) is 4.04. The van der Waals surface area contributed by atoms with Crippen LogP contribution in [0.1, 0.15) is 52.9 Å². The molecule has 0 saturated carbocycles. The molecule has 1 amide bonds. The smallest absolute Gasteiger partial charge is 0.319 e. The van der Waals surface area contributed by atoms with Crippen molar-refractivity contribution in [2.75, 3.05) is 32.8 Å². The average molecular weight is 443 g/mol. The third-order valence-corrected chi connectivity index (χ3v) is 6.14. The predicted octanol–water partition coefficient (Wildman–Crippen LogP) is 2.75. The van der Waals surface area contributed by atoms with Crippen molar-refractivity contribution in [3.05, 3.63) is 35.8 Å². The van der Waals surface area contributed by atoms with Crippen LogP contribution in [0, 0.1) is 5.92 Å². The molecule has 1 saturated heterocycles. The molecule has 8 heteroatoms. The lowest BCUT2D eigenvalue weighted by Crippen LogP contribution is -2.55. The van der Waals surface area contributed by atoms with Gasteiger partial charge in [-0.15, -0.1) is 0 Å². The topological polar surface area (TPSA) is 95.5 Å². The number of hydrogen-bond donors (Lipinski definition) is 2. The van der Waals surface area contributed by atoms with Gasteiger partial charge < -0.3 is 20.7 Å². The van der Waals surface area contributed by atoms with Gasteiger partial charge in [0.05, 0.1) is 12.9 Å². The summed E-state index contributed by atoms with van der Waals surface area (Å²) in [5.41, 5.74) is 6.44. The van der Waals surface area contributed by atoms with E-state index in [4.69, 9.17) is 10.5 Å². The number of ether oxygens (including phenoxy) is 1. The molecule has 8 nitrogen and oxygen atoms in total. The maximum atomic E-state index is 12.9. The van der Waals surface area contributed by atoms with Gasteiger partial charge in [-0.2, -0.15) is 9.98 Å². The average Bonchev–Trinajstić information content (AvgIpc) is 3.27.